The lowest BCUT2D eigenvalue weighted by Gasteiger charge is -2.08. The smallest absolute Gasteiger partial charge is 0.328 e. The third kappa shape index (κ3) is 4.26. The molecule has 8 nitrogen and oxygen atoms in total. The Morgan fingerprint density at radius 3 is 2.65 bits per heavy atom. The summed E-state index contributed by atoms with van der Waals surface area (Å²) in [6, 6.07) is 15.9. The standard InChI is InChI=1S/C17H15N3O5S/c21-16(20-19-10-13-8-9-17(25-13)26(22,23)24)11-18-15-7-3-5-12-4-1-2-6-14(12)15/h1-10,18H,11H2,(H,20,21)(H,22,23,24)/b19-10-. The van der Waals surface area contributed by atoms with Crippen LogP contribution in [0.15, 0.2) is 69.2 Å². The third-order valence-electron chi connectivity index (χ3n) is 3.47. The maximum absolute atomic E-state index is 11.9. The highest BCUT2D eigenvalue weighted by molar-refractivity contribution is 7.85. The molecule has 0 unspecified atom stereocenters. The van der Waals surface area contributed by atoms with E-state index < -0.39 is 21.1 Å². The quantitative estimate of drug-likeness (QED) is 0.346. The number of furan rings is 1. The first-order valence-electron chi connectivity index (χ1n) is 7.54. The maximum atomic E-state index is 11.9. The molecule has 3 aromatic rings. The molecule has 0 spiro atoms. The highest BCUT2D eigenvalue weighted by atomic mass is 32.2. The minimum Gasteiger partial charge on any atom is -0.441 e. The average Bonchev–Trinajstić information content (AvgIpc) is 3.09. The van der Waals surface area contributed by atoms with Crippen LogP contribution in [0.3, 0.4) is 0 Å². The number of anilines is 1. The van der Waals surface area contributed by atoms with E-state index in [1.807, 2.05) is 42.5 Å². The Kier molecular flexibility index (Phi) is 5.01. The summed E-state index contributed by atoms with van der Waals surface area (Å²) >= 11 is 0. The van der Waals surface area contributed by atoms with Gasteiger partial charge in [0.25, 0.3) is 5.91 Å². The number of hydrazone groups is 1. The lowest BCUT2D eigenvalue weighted by Crippen LogP contribution is -2.25. The summed E-state index contributed by atoms with van der Waals surface area (Å²) in [7, 11) is -4.41. The molecule has 0 saturated carbocycles. The van der Waals surface area contributed by atoms with Gasteiger partial charge in [-0.25, -0.2) is 5.43 Å². The number of rotatable bonds is 6. The van der Waals surface area contributed by atoms with Crippen LogP contribution in [0.1, 0.15) is 5.76 Å². The number of benzene rings is 2. The second kappa shape index (κ2) is 7.38. The normalized spacial score (nSPS) is 11.7. The monoisotopic (exact) mass is 373 g/mol. The van der Waals surface area contributed by atoms with Crippen LogP contribution in [-0.4, -0.2) is 31.6 Å². The van der Waals surface area contributed by atoms with Crippen LogP contribution in [0.25, 0.3) is 10.8 Å². The van der Waals surface area contributed by atoms with Gasteiger partial charge in [-0.3, -0.25) is 9.35 Å². The van der Waals surface area contributed by atoms with Gasteiger partial charge in [-0.05, 0) is 23.6 Å². The van der Waals surface area contributed by atoms with Gasteiger partial charge in [-0.1, -0.05) is 36.4 Å². The summed E-state index contributed by atoms with van der Waals surface area (Å²) in [5.41, 5.74) is 3.12. The van der Waals surface area contributed by atoms with Crippen molar-refractivity contribution < 1.29 is 22.2 Å². The van der Waals surface area contributed by atoms with Crippen molar-refractivity contribution in [1.29, 1.82) is 0 Å². The number of carbonyl (C=O) groups is 1. The topological polar surface area (TPSA) is 121 Å². The van der Waals surface area contributed by atoms with Gasteiger partial charge in [0, 0.05) is 11.1 Å². The molecule has 0 aliphatic carbocycles. The van der Waals surface area contributed by atoms with E-state index in [2.05, 4.69) is 15.8 Å². The van der Waals surface area contributed by atoms with Gasteiger partial charge in [0.2, 0.25) is 5.09 Å². The van der Waals surface area contributed by atoms with Crippen LogP contribution >= 0.6 is 0 Å². The lowest BCUT2D eigenvalue weighted by molar-refractivity contribution is -0.119. The molecule has 0 radical (unpaired) electrons. The van der Waals surface area contributed by atoms with Gasteiger partial charge >= 0.3 is 10.1 Å². The molecule has 134 valence electrons. The Hall–Kier alpha value is -3.17. The van der Waals surface area contributed by atoms with E-state index in [0.29, 0.717) is 0 Å². The summed E-state index contributed by atoms with van der Waals surface area (Å²) in [5.74, 6) is -0.323. The molecule has 0 atom stereocenters. The van der Waals surface area contributed by atoms with Crippen molar-refractivity contribution in [2.75, 3.05) is 11.9 Å². The molecule has 2 aromatic carbocycles. The lowest BCUT2D eigenvalue weighted by atomic mass is 10.1. The molecule has 0 saturated heterocycles. The molecule has 26 heavy (non-hydrogen) atoms. The molecule has 3 rings (SSSR count). The number of carbonyl (C=O) groups excluding carboxylic acids is 1. The fourth-order valence-corrected chi connectivity index (χ4v) is 2.75. The summed E-state index contributed by atoms with van der Waals surface area (Å²) in [6.45, 7) is -0.000227. The SMILES string of the molecule is O=C(CNc1cccc2ccccc12)N/N=C\c1ccc(S(=O)(=O)O)o1. The summed E-state index contributed by atoms with van der Waals surface area (Å²) in [5, 5.41) is 8.18. The summed E-state index contributed by atoms with van der Waals surface area (Å²) in [6.07, 6.45) is 1.13. The molecular formula is C17H15N3O5S. The molecule has 0 bridgehead atoms. The van der Waals surface area contributed by atoms with Crippen LogP contribution in [0, 0.1) is 0 Å². The Labute approximate surface area is 149 Å². The third-order valence-corrected chi connectivity index (χ3v) is 4.19. The number of nitrogens with one attached hydrogen (secondary N) is 2. The number of fused-ring (bicyclic) bond motifs is 1. The van der Waals surface area contributed by atoms with Crippen LogP contribution in [0.4, 0.5) is 5.69 Å². The second-order valence-corrected chi connectivity index (χ2v) is 6.66. The van der Waals surface area contributed by atoms with Gasteiger partial charge in [0.1, 0.15) is 5.76 Å². The molecule has 9 heteroatoms. The first-order valence-corrected chi connectivity index (χ1v) is 8.98. The highest BCUT2D eigenvalue weighted by Gasteiger charge is 2.14. The predicted molar refractivity (Wildman–Crippen MR) is 96.7 cm³/mol. The zero-order chi connectivity index (χ0) is 18.6. The Morgan fingerprint density at radius 1 is 1.12 bits per heavy atom. The minimum atomic E-state index is -4.41. The van der Waals surface area contributed by atoms with E-state index in [4.69, 9.17) is 8.97 Å². The van der Waals surface area contributed by atoms with Crippen LogP contribution in [0.5, 0.6) is 0 Å². The molecule has 0 fully saturated rings. The van der Waals surface area contributed by atoms with Crippen molar-refractivity contribution in [2.45, 2.75) is 5.09 Å². The van der Waals surface area contributed by atoms with E-state index >= 15 is 0 Å². The first kappa shape index (κ1) is 17.6. The molecule has 0 aliphatic rings. The van der Waals surface area contributed by atoms with E-state index in [9.17, 15) is 13.2 Å². The number of hydrogen-bond acceptors (Lipinski definition) is 6. The number of hydrogen-bond donors (Lipinski definition) is 3. The fourth-order valence-electron chi connectivity index (χ4n) is 2.30. The fraction of sp³-hybridized carbons (Fsp3) is 0.0588. The molecule has 1 amide bonds. The van der Waals surface area contributed by atoms with E-state index in [-0.39, 0.29) is 12.3 Å². The van der Waals surface area contributed by atoms with Gasteiger partial charge < -0.3 is 9.73 Å². The van der Waals surface area contributed by atoms with Gasteiger partial charge in [0.05, 0.1) is 12.8 Å². The Bertz CT molecular complexity index is 1070. The van der Waals surface area contributed by atoms with Crippen molar-refractivity contribution in [3.8, 4) is 0 Å². The van der Waals surface area contributed by atoms with E-state index in [0.717, 1.165) is 28.7 Å². The van der Waals surface area contributed by atoms with Crippen LogP contribution in [0.2, 0.25) is 0 Å². The van der Waals surface area contributed by atoms with Crippen molar-refractivity contribution in [3.05, 3.63) is 60.4 Å². The predicted octanol–water partition coefficient (Wildman–Crippen LogP) is 2.24. The van der Waals surface area contributed by atoms with Gasteiger partial charge in [0.15, 0.2) is 0 Å². The average molecular weight is 373 g/mol. The van der Waals surface area contributed by atoms with Gasteiger partial charge in [-0.2, -0.15) is 13.5 Å². The van der Waals surface area contributed by atoms with Crippen LogP contribution < -0.4 is 10.7 Å². The zero-order valence-corrected chi connectivity index (χ0v) is 14.2. The largest absolute Gasteiger partial charge is 0.441 e. The molecule has 3 N–H and O–H groups in total. The van der Waals surface area contributed by atoms with Crippen molar-refractivity contribution >= 4 is 38.7 Å². The molecular weight excluding hydrogens is 358 g/mol. The highest BCUT2D eigenvalue weighted by Crippen LogP contribution is 2.22. The molecule has 0 aliphatic heterocycles. The number of nitrogens with zero attached hydrogens (tertiary/aromatic N) is 1. The first-order chi connectivity index (χ1) is 12.4. The molecule has 1 heterocycles. The minimum absolute atomic E-state index is 0.000227. The number of amides is 1. The van der Waals surface area contributed by atoms with Gasteiger partial charge in [-0.15, -0.1) is 0 Å². The van der Waals surface area contributed by atoms with Crippen molar-refractivity contribution in [1.82, 2.24) is 5.43 Å². The zero-order valence-electron chi connectivity index (χ0n) is 13.4. The maximum Gasteiger partial charge on any atom is 0.328 e. The van der Waals surface area contributed by atoms with Crippen molar-refractivity contribution in [3.63, 3.8) is 0 Å². The summed E-state index contributed by atoms with van der Waals surface area (Å²) < 4.78 is 35.4. The summed E-state index contributed by atoms with van der Waals surface area (Å²) in [4.78, 5) is 11.9. The van der Waals surface area contributed by atoms with Crippen molar-refractivity contribution in [2.24, 2.45) is 5.10 Å². The Balaban J connectivity index is 1.57. The molecule has 1 aromatic heterocycles. The van der Waals surface area contributed by atoms with E-state index in [1.54, 1.807) is 0 Å². The Morgan fingerprint density at radius 2 is 1.88 bits per heavy atom. The van der Waals surface area contributed by atoms with E-state index in [1.165, 1.54) is 6.07 Å². The van der Waals surface area contributed by atoms with Crippen LogP contribution in [-0.2, 0) is 14.9 Å². The second-order valence-electron chi connectivity index (χ2n) is 5.31.